The molecular formula is C19H26N4O3. The van der Waals surface area contributed by atoms with Crippen LogP contribution in [0.1, 0.15) is 11.3 Å². The van der Waals surface area contributed by atoms with Crippen molar-refractivity contribution in [2.24, 2.45) is 14.1 Å². The Balaban J connectivity index is 1.78. The van der Waals surface area contributed by atoms with Crippen LogP contribution in [0.4, 0.5) is 5.69 Å². The Labute approximate surface area is 153 Å². The molecule has 0 radical (unpaired) electrons. The molecule has 1 aromatic carbocycles. The van der Waals surface area contributed by atoms with Crippen molar-refractivity contribution in [2.75, 3.05) is 38.3 Å². The average molecular weight is 358 g/mol. The molecule has 3 rings (SSSR count). The molecule has 26 heavy (non-hydrogen) atoms. The molecule has 0 saturated carbocycles. The van der Waals surface area contributed by atoms with Gasteiger partial charge in [-0.2, -0.15) is 0 Å². The summed E-state index contributed by atoms with van der Waals surface area (Å²) in [6.07, 6.45) is 0. The molecule has 1 aliphatic rings. The first-order valence-electron chi connectivity index (χ1n) is 8.82. The molecule has 0 N–H and O–H groups in total. The average Bonchev–Trinajstić information content (AvgIpc) is 2.65. The number of aromatic nitrogens is 2. The van der Waals surface area contributed by atoms with Gasteiger partial charge in [-0.05, 0) is 18.7 Å². The van der Waals surface area contributed by atoms with E-state index in [1.807, 2.05) is 13.1 Å². The second-order valence-electron chi connectivity index (χ2n) is 6.77. The number of ether oxygens (including phenoxy) is 1. The fourth-order valence-corrected chi connectivity index (χ4v) is 3.31. The maximum Gasteiger partial charge on any atom is 0.330 e. The summed E-state index contributed by atoms with van der Waals surface area (Å²) in [5, 5.41) is 0. The highest BCUT2D eigenvalue weighted by molar-refractivity contribution is 5.53. The standard InChI is InChI=1S/C19H26N4O3/c1-20(14-16-12-18(24)22(3)19(25)21(16)2)13-15-6-4-5-7-17(15)23-8-10-26-11-9-23/h4-7,12H,8-11,13-14H2,1-3H3. The van der Waals surface area contributed by atoms with Crippen molar-refractivity contribution in [3.8, 4) is 0 Å². The smallest absolute Gasteiger partial charge is 0.330 e. The molecule has 1 aromatic heterocycles. The van der Waals surface area contributed by atoms with Crippen LogP contribution in [-0.2, 0) is 31.9 Å². The van der Waals surface area contributed by atoms with Crippen LogP contribution < -0.4 is 16.1 Å². The predicted octanol–water partition coefficient (Wildman–Crippen LogP) is 0.553. The van der Waals surface area contributed by atoms with E-state index in [1.54, 1.807) is 7.05 Å². The van der Waals surface area contributed by atoms with Gasteiger partial charge in [0.15, 0.2) is 0 Å². The Morgan fingerprint density at radius 1 is 1.04 bits per heavy atom. The second-order valence-corrected chi connectivity index (χ2v) is 6.77. The maximum atomic E-state index is 12.1. The number of nitrogens with zero attached hydrogens (tertiary/aromatic N) is 4. The third kappa shape index (κ3) is 3.89. The van der Waals surface area contributed by atoms with E-state index in [4.69, 9.17) is 4.74 Å². The largest absolute Gasteiger partial charge is 0.378 e. The van der Waals surface area contributed by atoms with Crippen LogP contribution in [0.2, 0.25) is 0 Å². The van der Waals surface area contributed by atoms with E-state index in [0.29, 0.717) is 12.2 Å². The molecule has 1 aliphatic heterocycles. The van der Waals surface area contributed by atoms with Crippen LogP contribution >= 0.6 is 0 Å². The molecule has 0 amide bonds. The summed E-state index contributed by atoms with van der Waals surface area (Å²) in [4.78, 5) is 28.5. The Morgan fingerprint density at radius 3 is 2.46 bits per heavy atom. The van der Waals surface area contributed by atoms with E-state index in [1.165, 1.54) is 28.9 Å². The van der Waals surface area contributed by atoms with Gasteiger partial charge in [0.2, 0.25) is 0 Å². The van der Waals surface area contributed by atoms with Crippen LogP contribution in [0.5, 0.6) is 0 Å². The van der Waals surface area contributed by atoms with Crippen LogP contribution in [0, 0.1) is 0 Å². The number of para-hydroxylation sites is 1. The first-order chi connectivity index (χ1) is 12.5. The summed E-state index contributed by atoms with van der Waals surface area (Å²) in [7, 11) is 5.20. The van der Waals surface area contributed by atoms with Crippen LogP contribution in [0.15, 0.2) is 39.9 Å². The van der Waals surface area contributed by atoms with Gasteiger partial charge in [-0.15, -0.1) is 0 Å². The minimum absolute atomic E-state index is 0.273. The molecule has 0 atom stereocenters. The van der Waals surface area contributed by atoms with Gasteiger partial charge in [0.1, 0.15) is 0 Å². The highest BCUT2D eigenvalue weighted by atomic mass is 16.5. The minimum atomic E-state index is -0.297. The van der Waals surface area contributed by atoms with E-state index in [2.05, 4.69) is 28.0 Å². The summed E-state index contributed by atoms with van der Waals surface area (Å²) >= 11 is 0. The summed E-state index contributed by atoms with van der Waals surface area (Å²) in [6, 6.07) is 9.90. The Morgan fingerprint density at radius 2 is 1.73 bits per heavy atom. The molecule has 140 valence electrons. The lowest BCUT2D eigenvalue weighted by molar-refractivity contribution is 0.122. The molecule has 0 spiro atoms. The molecule has 2 aromatic rings. The van der Waals surface area contributed by atoms with Crippen molar-refractivity contribution < 1.29 is 4.74 Å². The molecule has 0 unspecified atom stereocenters. The van der Waals surface area contributed by atoms with E-state index in [9.17, 15) is 9.59 Å². The summed E-state index contributed by atoms with van der Waals surface area (Å²) in [5.41, 5.74) is 2.59. The zero-order chi connectivity index (χ0) is 18.7. The number of hydrogen-bond acceptors (Lipinski definition) is 5. The minimum Gasteiger partial charge on any atom is -0.378 e. The summed E-state index contributed by atoms with van der Waals surface area (Å²) in [6.45, 7) is 4.54. The van der Waals surface area contributed by atoms with Crippen molar-refractivity contribution in [2.45, 2.75) is 13.1 Å². The van der Waals surface area contributed by atoms with Crippen molar-refractivity contribution in [3.05, 3.63) is 62.4 Å². The number of anilines is 1. The Kier molecular flexibility index (Phi) is 5.58. The van der Waals surface area contributed by atoms with Crippen LogP contribution in [0.3, 0.4) is 0 Å². The van der Waals surface area contributed by atoms with Crippen molar-refractivity contribution >= 4 is 5.69 Å². The van der Waals surface area contributed by atoms with Crippen molar-refractivity contribution in [3.63, 3.8) is 0 Å². The number of hydrogen-bond donors (Lipinski definition) is 0. The molecule has 1 fully saturated rings. The van der Waals surface area contributed by atoms with Crippen LogP contribution in [0.25, 0.3) is 0 Å². The van der Waals surface area contributed by atoms with Crippen LogP contribution in [-0.4, -0.2) is 47.4 Å². The summed E-state index contributed by atoms with van der Waals surface area (Å²) < 4.78 is 8.11. The van der Waals surface area contributed by atoms with E-state index >= 15 is 0 Å². The Bertz CT molecular complexity index is 881. The fourth-order valence-electron chi connectivity index (χ4n) is 3.31. The topological polar surface area (TPSA) is 59.7 Å². The Hall–Kier alpha value is -2.38. The van der Waals surface area contributed by atoms with Gasteiger partial charge in [0.05, 0.1) is 13.2 Å². The first-order valence-corrected chi connectivity index (χ1v) is 8.82. The zero-order valence-electron chi connectivity index (χ0n) is 15.6. The number of benzene rings is 1. The molecule has 2 heterocycles. The fraction of sp³-hybridized carbons (Fsp3) is 0.474. The predicted molar refractivity (Wildman–Crippen MR) is 102 cm³/mol. The quantitative estimate of drug-likeness (QED) is 0.781. The van der Waals surface area contributed by atoms with Gasteiger partial charge in [-0.25, -0.2) is 4.79 Å². The maximum absolute atomic E-state index is 12.1. The molecular weight excluding hydrogens is 332 g/mol. The van der Waals surface area contributed by atoms with E-state index in [-0.39, 0.29) is 11.2 Å². The highest BCUT2D eigenvalue weighted by Crippen LogP contribution is 2.23. The monoisotopic (exact) mass is 358 g/mol. The lowest BCUT2D eigenvalue weighted by Crippen LogP contribution is -2.39. The van der Waals surface area contributed by atoms with Gasteiger partial charge in [0, 0.05) is 57.7 Å². The third-order valence-electron chi connectivity index (χ3n) is 4.84. The van der Waals surface area contributed by atoms with E-state index < -0.39 is 0 Å². The normalized spacial score (nSPS) is 14.8. The SMILES string of the molecule is CN(Cc1ccccc1N1CCOCC1)Cc1cc(=O)n(C)c(=O)n1C. The zero-order valence-corrected chi connectivity index (χ0v) is 15.6. The third-order valence-corrected chi connectivity index (χ3v) is 4.84. The van der Waals surface area contributed by atoms with Gasteiger partial charge >= 0.3 is 5.69 Å². The van der Waals surface area contributed by atoms with Gasteiger partial charge in [0.25, 0.3) is 5.56 Å². The molecule has 0 bridgehead atoms. The number of rotatable bonds is 5. The lowest BCUT2D eigenvalue weighted by atomic mass is 10.1. The molecule has 1 saturated heterocycles. The van der Waals surface area contributed by atoms with Crippen molar-refractivity contribution in [1.82, 2.24) is 14.0 Å². The number of morpholine rings is 1. The van der Waals surface area contributed by atoms with E-state index in [0.717, 1.165) is 37.4 Å². The molecule has 7 heteroatoms. The van der Waals surface area contributed by atoms with Gasteiger partial charge in [-0.3, -0.25) is 18.8 Å². The lowest BCUT2D eigenvalue weighted by Gasteiger charge is -2.31. The first kappa shape index (κ1) is 18.4. The molecule has 0 aliphatic carbocycles. The second kappa shape index (κ2) is 7.88. The van der Waals surface area contributed by atoms with Gasteiger partial charge in [-0.1, -0.05) is 18.2 Å². The molecule has 7 nitrogen and oxygen atoms in total. The highest BCUT2D eigenvalue weighted by Gasteiger charge is 2.16. The summed E-state index contributed by atoms with van der Waals surface area (Å²) in [5.74, 6) is 0. The van der Waals surface area contributed by atoms with Crippen molar-refractivity contribution in [1.29, 1.82) is 0 Å². The van der Waals surface area contributed by atoms with Gasteiger partial charge < -0.3 is 9.64 Å².